The maximum atomic E-state index is 12.7. The second-order valence-corrected chi connectivity index (χ2v) is 8.86. The summed E-state index contributed by atoms with van der Waals surface area (Å²) in [5, 5.41) is 5.54. The SMILES string of the molecule is CON(C)S(=O)(=O)c1ccc(NC(=O)c2ccc(C)c(NC(=O)c3ccccc3)c2)cc1. The minimum absolute atomic E-state index is 0.0288. The van der Waals surface area contributed by atoms with Crippen LogP contribution in [0, 0.1) is 6.92 Å². The lowest BCUT2D eigenvalue weighted by Gasteiger charge is -2.14. The van der Waals surface area contributed by atoms with Crippen LogP contribution in [-0.4, -0.2) is 38.9 Å². The molecule has 0 heterocycles. The highest BCUT2D eigenvalue weighted by molar-refractivity contribution is 7.89. The summed E-state index contributed by atoms with van der Waals surface area (Å²) < 4.78 is 25.3. The minimum atomic E-state index is -3.77. The number of carbonyl (C=O) groups excluding carboxylic acids is 2. The monoisotopic (exact) mass is 453 g/mol. The Morgan fingerprint density at radius 2 is 1.47 bits per heavy atom. The maximum Gasteiger partial charge on any atom is 0.264 e. The highest BCUT2D eigenvalue weighted by atomic mass is 32.2. The number of hydrogen-bond donors (Lipinski definition) is 2. The highest BCUT2D eigenvalue weighted by Crippen LogP contribution is 2.21. The van der Waals surface area contributed by atoms with E-state index < -0.39 is 15.9 Å². The molecule has 0 radical (unpaired) electrons. The number of hydrogen-bond acceptors (Lipinski definition) is 5. The molecule has 0 fully saturated rings. The highest BCUT2D eigenvalue weighted by Gasteiger charge is 2.20. The van der Waals surface area contributed by atoms with Gasteiger partial charge in [0, 0.05) is 29.5 Å². The molecule has 0 bridgehead atoms. The number of benzene rings is 3. The third-order valence-electron chi connectivity index (χ3n) is 4.79. The summed E-state index contributed by atoms with van der Waals surface area (Å²) in [6, 6.07) is 19.5. The van der Waals surface area contributed by atoms with Gasteiger partial charge in [0.05, 0.1) is 12.0 Å². The Labute approximate surface area is 186 Å². The van der Waals surface area contributed by atoms with Crippen molar-refractivity contribution in [1.29, 1.82) is 0 Å². The van der Waals surface area contributed by atoms with E-state index in [1.54, 1.807) is 42.5 Å². The summed E-state index contributed by atoms with van der Waals surface area (Å²) in [6.45, 7) is 1.83. The van der Waals surface area contributed by atoms with Crippen molar-refractivity contribution in [2.24, 2.45) is 0 Å². The molecule has 8 nitrogen and oxygen atoms in total. The third-order valence-corrected chi connectivity index (χ3v) is 6.48. The molecule has 0 aliphatic heterocycles. The van der Waals surface area contributed by atoms with Crippen molar-refractivity contribution in [3.05, 3.63) is 89.5 Å². The number of aryl methyl sites for hydroxylation is 1. The lowest BCUT2D eigenvalue weighted by molar-refractivity contribution is -0.0258. The van der Waals surface area contributed by atoms with Gasteiger partial charge in [-0.1, -0.05) is 28.7 Å². The van der Waals surface area contributed by atoms with E-state index in [2.05, 4.69) is 10.6 Å². The van der Waals surface area contributed by atoms with Gasteiger partial charge in [-0.15, -0.1) is 0 Å². The first-order valence-electron chi connectivity index (χ1n) is 9.64. The predicted octanol–water partition coefficient (Wildman–Crippen LogP) is 3.68. The van der Waals surface area contributed by atoms with Gasteiger partial charge in [0.15, 0.2) is 0 Å². The Morgan fingerprint density at radius 1 is 0.844 bits per heavy atom. The smallest absolute Gasteiger partial charge is 0.264 e. The number of nitrogens with one attached hydrogen (secondary N) is 2. The second kappa shape index (κ2) is 9.73. The van der Waals surface area contributed by atoms with Gasteiger partial charge in [0.2, 0.25) is 0 Å². The van der Waals surface area contributed by atoms with Crippen LogP contribution in [0.5, 0.6) is 0 Å². The van der Waals surface area contributed by atoms with Crippen molar-refractivity contribution >= 4 is 33.2 Å². The molecule has 2 amide bonds. The first kappa shape index (κ1) is 23.1. The number of carbonyl (C=O) groups is 2. The summed E-state index contributed by atoms with van der Waals surface area (Å²) in [7, 11) is -1.23. The van der Waals surface area contributed by atoms with E-state index >= 15 is 0 Å². The molecule has 0 unspecified atom stereocenters. The third kappa shape index (κ3) is 5.20. The number of amides is 2. The molecule has 0 spiro atoms. The summed E-state index contributed by atoms with van der Waals surface area (Å²) in [4.78, 5) is 29.9. The van der Waals surface area contributed by atoms with Gasteiger partial charge in [-0.2, -0.15) is 0 Å². The van der Waals surface area contributed by atoms with E-state index in [-0.39, 0.29) is 10.8 Å². The normalized spacial score (nSPS) is 11.2. The summed E-state index contributed by atoms with van der Waals surface area (Å²) in [6.07, 6.45) is 0. The van der Waals surface area contributed by atoms with Crippen LogP contribution in [-0.2, 0) is 14.9 Å². The topological polar surface area (TPSA) is 105 Å². The van der Waals surface area contributed by atoms with Crippen molar-refractivity contribution in [2.45, 2.75) is 11.8 Å². The zero-order chi connectivity index (χ0) is 23.3. The molecule has 3 aromatic rings. The summed E-state index contributed by atoms with van der Waals surface area (Å²) >= 11 is 0. The van der Waals surface area contributed by atoms with Gasteiger partial charge in [0.25, 0.3) is 21.8 Å². The van der Waals surface area contributed by atoms with E-state index in [1.807, 2.05) is 13.0 Å². The van der Waals surface area contributed by atoms with Gasteiger partial charge >= 0.3 is 0 Å². The van der Waals surface area contributed by atoms with Crippen LogP contribution in [0.1, 0.15) is 26.3 Å². The molecule has 3 aromatic carbocycles. The number of sulfonamides is 1. The van der Waals surface area contributed by atoms with Gasteiger partial charge in [0.1, 0.15) is 0 Å². The van der Waals surface area contributed by atoms with Crippen molar-refractivity contribution in [3.8, 4) is 0 Å². The zero-order valence-corrected chi connectivity index (χ0v) is 18.6. The Bertz CT molecular complexity index is 1230. The quantitative estimate of drug-likeness (QED) is 0.531. The second-order valence-electron chi connectivity index (χ2n) is 6.93. The van der Waals surface area contributed by atoms with Crippen LogP contribution in [0.2, 0.25) is 0 Å². The lowest BCUT2D eigenvalue weighted by Crippen LogP contribution is -2.25. The fourth-order valence-corrected chi connectivity index (χ4v) is 3.82. The van der Waals surface area contributed by atoms with E-state index in [1.165, 1.54) is 38.4 Å². The summed E-state index contributed by atoms with van der Waals surface area (Å²) in [5.41, 5.74) is 2.60. The molecule has 32 heavy (non-hydrogen) atoms. The molecule has 0 saturated heterocycles. The molecular formula is C23H23N3O5S. The average molecular weight is 454 g/mol. The average Bonchev–Trinajstić information content (AvgIpc) is 2.80. The number of hydroxylamine groups is 1. The largest absolute Gasteiger partial charge is 0.322 e. The van der Waals surface area contributed by atoms with E-state index in [4.69, 9.17) is 4.84 Å². The Balaban J connectivity index is 1.74. The molecule has 9 heteroatoms. The number of anilines is 2. The minimum Gasteiger partial charge on any atom is -0.322 e. The molecule has 3 rings (SSSR count). The van der Waals surface area contributed by atoms with Crippen LogP contribution in [0.4, 0.5) is 11.4 Å². The van der Waals surface area contributed by atoms with Gasteiger partial charge in [-0.25, -0.2) is 8.42 Å². The van der Waals surface area contributed by atoms with Crippen LogP contribution in [0.25, 0.3) is 0 Å². The fourth-order valence-electron chi connectivity index (χ4n) is 2.84. The maximum absolute atomic E-state index is 12.7. The van der Waals surface area contributed by atoms with Crippen LogP contribution < -0.4 is 10.6 Å². The Hall–Kier alpha value is -3.53. The van der Waals surface area contributed by atoms with E-state index in [9.17, 15) is 18.0 Å². The molecular weight excluding hydrogens is 430 g/mol. The van der Waals surface area contributed by atoms with Gasteiger partial charge in [-0.3, -0.25) is 14.4 Å². The Morgan fingerprint density at radius 3 is 2.09 bits per heavy atom. The van der Waals surface area contributed by atoms with Crippen molar-refractivity contribution in [3.63, 3.8) is 0 Å². The van der Waals surface area contributed by atoms with Crippen LogP contribution in [0.3, 0.4) is 0 Å². The van der Waals surface area contributed by atoms with Crippen LogP contribution in [0.15, 0.2) is 77.7 Å². The summed E-state index contributed by atoms with van der Waals surface area (Å²) in [5.74, 6) is -0.672. The first-order chi connectivity index (χ1) is 15.2. The standard InChI is InChI=1S/C23H23N3O5S/c1-16-9-10-18(15-21(16)25-22(27)17-7-5-4-6-8-17)23(28)24-19-11-13-20(14-12-19)32(29,30)26(2)31-3/h4-15H,1-3H3,(H,24,28)(H,25,27). The Kier molecular flexibility index (Phi) is 7.04. The predicted molar refractivity (Wildman–Crippen MR) is 122 cm³/mol. The van der Waals surface area contributed by atoms with E-state index in [0.717, 1.165) is 10.0 Å². The molecule has 0 atom stereocenters. The lowest BCUT2D eigenvalue weighted by atomic mass is 10.1. The van der Waals surface area contributed by atoms with Crippen molar-refractivity contribution in [2.75, 3.05) is 24.8 Å². The van der Waals surface area contributed by atoms with Crippen molar-refractivity contribution < 1.29 is 22.8 Å². The zero-order valence-electron chi connectivity index (χ0n) is 17.8. The van der Waals surface area contributed by atoms with Gasteiger partial charge in [-0.05, 0) is 61.0 Å². The molecule has 0 aliphatic rings. The first-order valence-corrected chi connectivity index (χ1v) is 11.1. The van der Waals surface area contributed by atoms with Gasteiger partial charge < -0.3 is 10.6 Å². The van der Waals surface area contributed by atoms with Crippen molar-refractivity contribution in [1.82, 2.24) is 4.47 Å². The van der Waals surface area contributed by atoms with E-state index in [0.29, 0.717) is 22.5 Å². The molecule has 166 valence electrons. The van der Waals surface area contributed by atoms with Crippen LogP contribution >= 0.6 is 0 Å². The molecule has 2 N–H and O–H groups in total. The molecule has 0 aliphatic carbocycles. The fraction of sp³-hybridized carbons (Fsp3) is 0.130. The number of nitrogens with zero attached hydrogens (tertiary/aromatic N) is 1. The molecule has 0 saturated carbocycles. The number of rotatable bonds is 7. The molecule has 0 aromatic heterocycles.